The largest absolute Gasteiger partial charge is 0.497 e. The molecule has 0 saturated carbocycles. The standard InChI is InChI=1S/C25H25FN4O4S/c1-33-16-5-6-21-18(10-16)19(20(26)12-28-21)11-27-8-2-3-17-13-30(25(32)34-17)15-4-7-23-22(9-15)29-24(31)14-35-23/h4-7,9-10,12,17,27H,2-3,8,11,13-14H2,1H3,(H,29,31)/t17-/m1/s1. The summed E-state index contributed by atoms with van der Waals surface area (Å²) < 4.78 is 25.3. The molecule has 1 saturated heterocycles. The molecule has 2 N–H and O–H groups in total. The van der Waals surface area contributed by atoms with E-state index in [9.17, 15) is 14.0 Å². The maximum Gasteiger partial charge on any atom is 0.414 e. The minimum Gasteiger partial charge on any atom is -0.497 e. The second-order valence-corrected chi connectivity index (χ2v) is 9.44. The van der Waals surface area contributed by atoms with Gasteiger partial charge >= 0.3 is 6.09 Å². The van der Waals surface area contributed by atoms with Crippen LogP contribution in [0, 0.1) is 5.82 Å². The van der Waals surface area contributed by atoms with Crippen LogP contribution < -0.4 is 20.3 Å². The Morgan fingerprint density at radius 3 is 3.03 bits per heavy atom. The molecule has 182 valence electrons. The summed E-state index contributed by atoms with van der Waals surface area (Å²) in [4.78, 5) is 30.8. The van der Waals surface area contributed by atoms with Crippen LogP contribution in [0.2, 0.25) is 0 Å². The van der Waals surface area contributed by atoms with Crippen molar-refractivity contribution < 1.29 is 23.5 Å². The number of hydrogen-bond donors (Lipinski definition) is 2. The zero-order valence-corrected chi connectivity index (χ0v) is 20.0. The molecular weight excluding hydrogens is 471 g/mol. The van der Waals surface area contributed by atoms with Gasteiger partial charge in [0.05, 0.1) is 36.8 Å². The van der Waals surface area contributed by atoms with Gasteiger partial charge in [-0.15, -0.1) is 11.8 Å². The molecule has 0 bridgehead atoms. The number of nitrogens with one attached hydrogen (secondary N) is 2. The maximum atomic E-state index is 14.5. The summed E-state index contributed by atoms with van der Waals surface area (Å²) in [5.74, 6) is 0.636. The maximum absolute atomic E-state index is 14.5. The minimum absolute atomic E-state index is 0.0483. The molecule has 1 fully saturated rings. The van der Waals surface area contributed by atoms with Gasteiger partial charge in [-0.25, -0.2) is 9.18 Å². The van der Waals surface area contributed by atoms with Crippen LogP contribution in [-0.4, -0.2) is 49.0 Å². The van der Waals surface area contributed by atoms with Gasteiger partial charge in [-0.2, -0.15) is 0 Å². The first-order chi connectivity index (χ1) is 17.0. The van der Waals surface area contributed by atoms with Crippen molar-refractivity contribution in [1.82, 2.24) is 10.3 Å². The van der Waals surface area contributed by atoms with E-state index in [4.69, 9.17) is 9.47 Å². The number of benzene rings is 2. The van der Waals surface area contributed by atoms with Gasteiger partial charge in [0.1, 0.15) is 17.7 Å². The summed E-state index contributed by atoms with van der Waals surface area (Å²) >= 11 is 1.48. The van der Waals surface area contributed by atoms with Crippen molar-refractivity contribution in [2.75, 3.05) is 36.2 Å². The smallest absolute Gasteiger partial charge is 0.414 e. The highest BCUT2D eigenvalue weighted by Crippen LogP contribution is 2.35. The molecule has 10 heteroatoms. The lowest BCUT2D eigenvalue weighted by atomic mass is 10.1. The van der Waals surface area contributed by atoms with Crippen molar-refractivity contribution in [1.29, 1.82) is 0 Å². The fraction of sp³-hybridized carbons (Fsp3) is 0.320. The highest BCUT2D eigenvalue weighted by molar-refractivity contribution is 8.00. The Hall–Kier alpha value is -3.37. The number of anilines is 2. The topological polar surface area (TPSA) is 92.8 Å². The summed E-state index contributed by atoms with van der Waals surface area (Å²) in [5, 5.41) is 6.85. The lowest BCUT2D eigenvalue weighted by Gasteiger charge is -2.20. The monoisotopic (exact) mass is 496 g/mol. The van der Waals surface area contributed by atoms with E-state index in [-0.39, 0.29) is 17.8 Å². The number of ether oxygens (including phenoxy) is 2. The second-order valence-electron chi connectivity index (χ2n) is 8.42. The number of fused-ring (bicyclic) bond motifs is 2. The molecule has 1 atom stereocenters. The van der Waals surface area contributed by atoms with Gasteiger partial charge in [0, 0.05) is 28.1 Å². The highest BCUT2D eigenvalue weighted by atomic mass is 32.2. The van der Waals surface area contributed by atoms with Crippen molar-refractivity contribution >= 4 is 46.0 Å². The lowest BCUT2D eigenvalue weighted by Crippen LogP contribution is -2.25. The molecular formula is C25H25FN4O4S. The summed E-state index contributed by atoms with van der Waals surface area (Å²) in [6, 6.07) is 11.0. The Kier molecular flexibility index (Phi) is 6.74. The normalized spacial score (nSPS) is 17.3. The predicted octanol–water partition coefficient (Wildman–Crippen LogP) is 4.32. The fourth-order valence-corrected chi connectivity index (χ4v) is 5.09. The van der Waals surface area contributed by atoms with Crippen LogP contribution in [0.3, 0.4) is 0 Å². The van der Waals surface area contributed by atoms with Crippen molar-refractivity contribution in [2.45, 2.75) is 30.4 Å². The van der Waals surface area contributed by atoms with Crippen LogP contribution in [0.1, 0.15) is 18.4 Å². The van der Waals surface area contributed by atoms with Crippen molar-refractivity contribution in [3.63, 3.8) is 0 Å². The number of amides is 2. The van der Waals surface area contributed by atoms with E-state index in [1.807, 2.05) is 24.3 Å². The Labute approximate surface area is 206 Å². The second kappa shape index (κ2) is 10.1. The van der Waals surface area contributed by atoms with Crippen LogP contribution in [0.25, 0.3) is 10.9 Å². The first-order valence-electron chi connectivity index (χ1n) is 11.4. The van der Waals surface area contributed by atoms with E-state index >= 15 is 0 Å². The van der Waals surface area contributed by atoms with E-state index in [1.54, 1.807) is 24.1 Å². The van der Waals surface area contributed by atoms with Crippen molar-refractivity contribution in [3.8, 4) is 5.75 Å². The third-order valence-corrected chi connectivity index (χ3v) is 7.17. The minimum atomic E-state index is -0.392. The fourth-order valence-electron chi connectivity index (χ4n) is 4.30. The first-order valence-corrected chi connectivity index (χ1v) is 12.4. The number of methoxy groups -OCH3 is 1. The van der Waals surface area contributed by atoms with Crippen LogP contribution in [-0.2, 0) is 16.1 Å². The Morgan fingerprint density at radius 2 is 2.17 bits per heavy atom. The Bertz CT molecular complexity index is 1290. The van der Waals surface area contributed by atoms with Gasteiger partial charge in [0.25, 0.3) is 0 Å². The number of nitrogens with zero attached hydrogens (tertiary/aromatic N) is 2. The van der Waals surface area contributed by atoms with Gasteiger partial charge in [0.15, 0.2) is 0 Å². The number of carbonyl (C=O) groups excluding carboxylic acids is 2. The quantitative estimate of drug-likeness (QED) is 0.449. The molecule has 3 aromatic rings. The molecule has 0 unspecified atom stereocenters. The molecule has 1 aromatic heterocycles. The number of carbonyl (C=O) groups is 2. The summed E-state index contributed by atoms with van der Waals surface area (Å²) in [7, 11) is 1.57. The first kappa shape index (κ1) is 23.4. The highest BCUT2D eigenvalue weighted by Gasteiger charge is 2.32. The zero-order chi connectivity index (χ0) is 24.4. The molecule has 8 nitrogen and oxygen atoms in total. The molecule has 0 aliphatic carbocycles. The number of thioether (sulfide) groups is 1. The number of hydrogen-bond acceptors (Lipinski definition) is 7. The lowest BCUT2D eigenvalue weighted by molar-refractivity contribution is -0.113. The van der Waals surface area contributed by atoms with Crippen molar-refractivity contribution in [3.05, 3.63) is 54.0 Å². The predicted molar refractivity (Wildman–Crippen MR) is 133 cm³/mol. The van der Waals surface area contributed by atoms with E-state index < -0.39 is 6.09 Å². The molecule has 2 aliphatic rings. The van der Waals surface area contributed by atoms with Crippen LogP contribution in [0.4, 0.5) is 20.6 Å². The van der Waals surface area contributed by atoms with Gasteiger partial charge in [-0.05, 0) is 55.8 Å². The third kappa shape index (κ3) is 5.03. The van der Waals surface area contributed by atoms with Crippen LogP contribution >= 0.6 is 11.8 Å². The summed E-state index contributed by atoms with van der Waals surface area (Å²) in [6.45, 7) is 1.44. The molecule has 2 aliphatic heterocycles. The summed E-state index contributed by atoms with van der Waals surface area (Å²) in [5.41, 5.74) is 2.68. The summed E-state index contributed by atoms with van der Waals surface area (Å²) in [6.07, 6.45) is 2.06. The Balaban J connectivity index is 1.14. The number of halogens is 1. The molecule has 3 heterocycles. The average molecular weight is 497 g/mol. The average Bonchev–Trinajstić information content (AvgIpc) is 3.24. The van der Waals surface area contributed by atoms with E-state index in [0.29, 0.717) is 54.3 Å². The number of aromatic nitrogens is 1. The molecule has 0 radical (unpaired) electrons. The zero-order valence-electron chi connectivity index (χ0n) is 19.2. The van der Waals surface area contributed by atoms with Gasteiger partial charge < -0.3 is 20.1 Å². The molecule has 0 spiro atoms. The third-order valence-electron chi connectivity index (χ3n) is 6.10. The van der Waals surface area contributed by atoms with E-state index in [0.717, 1.165) is 22.4 Å². The Morgan fingerprint density at radius 1 is 1.29 bits per heavy atom. The molecule has 2 amide bonds. The van der Waals surface area contributed by atoms with Crippen LogP contribution in [0.5, 0.6) is 5.75 Å². The van der Waals surface area contributed by atoms with Gasteiger partial charge in [-0.1, -0.05) is 0 Å². The van der Waals surface area contributed by atoms with Gasteiger partial charge in [-0.3, -0.25) is 14.7 Å². The number of cyclic esters (lactones) is 1. The SMILES string of the molecule is COc1ccc2ncc(F)c(CNCCC[C@@H]3CN(c4ccc5c(c4)NC(=O)CS5)C(=O)O3)c2c1. The molecule has 5 rings (SSSR count). The number of pyridine rings is 1. The van der Waals surface area contributed by atoms with E-state index in [1.165, 1.54) is 18.0 Å². The number of rotatable bonds is 8. The van der Waals surface area contributed by atoms with E-state index in [2.05, 4.69) is 15.6 Å². The van der Waals surface area contributed by atoms with Gasteiger partial charge in [0.2, 0.25) is 5.91 Å². The van der Waals surface area contributed by atoms with Crippen molar-refractivity contribution in [2.24, 2.45) is 0 Å². The van der Waals surface area contributed by atoms with Crippen LogP contribution in [0.15, 0.2) is 47.5 Å². The molecule has 35 heavy (non-hydrogen) atoms. The molecule has 2 aromatic carbocycles.